The van der Waals surface area contributed by atoms with Gasteiger partial charge in [0.25, 0.3) is 0 Å². The lowest BCUT2D eigenvalue weighted by atomic mass is 9.88. The molecule has 1 N–H and O–H groups in total. The average molecular weight is 349 g/mol. The van der Waals surface area contributed by atoms with E-state index in [1.807, 2.05) is 24.0 Å². The maximum Gasteiger partial charge on any atom is 0.237 e. The third-order valence-electron chi connectivity index (χ3n) is 4.91. The predicted octanol–water partition coefficient (Wildman–Crippen LogP) is 0.773. The third kappa shape index (κ3) is 4.22. The van der Waals surface area contributed by atoms with Gasteiger partial charge in [-0.25, -0.2) is 0 Å². The van der Waals surface area contributed by atoms with Crippen molar-refractivity contribution in [1.82, 2.24) is 15.1 Å². The zero-order valence-electron chi connectivity index (χ0n) is 15.2. The Labute approximate surface area is 148 Å². The molecule has 0 spiro atoms. The fraction of sp³-hybridized carbons (Fsp3) is 0.667. The Morgan fingerprint density at radius 1 is 1.44 bits per heavy atom. The number of aryl methyl sites for hydroxylation is 1. The number of hydrogen-bond acceptors (Lipinski definition) is 5. The summed E-state index contributed by atoms with van der Waals surface area (Å²) in [6, 6.07) is 3.37. The van der Waals surface area contributed by atoms with Gasteiger partial charge < -0.3 is 19.4 Å². The standard InChI is InChI=1S/C18H27N3O4/c1-13-4-5-14(25-13)9-21-7-6-19-17(23)15(21)8-16(22)20(3)10-18(2)11-24-12-18/h4-5,15H,6-12H2,1-3H3,(H,19,23). The van der Waals surface area contributed by atoms with Crippen LogP contribution in [-0.4, -0.2) is 67.6 Å². The van der Waals surface area contributed by atoms with Gasteiger partial charge in [-0.1, -0.05) is 6.92 Å². The van der Waals surface area contributed by atoms with Gasteiger partial charge in [0.05, 0.1) is 32.2 Å². The van der Waals surface area contributed by atoms with Gasteiger partial charge >= 0.3 is 0 Å². The maximum absolute atomic E-state index is 12.6. The predicted molar refractivity (Wildman–Crippen MR) is 91.8 cm³/mol. The molecule has 0 aromatic carbocycles. The Morgan fingerprint density at radius 3 is 2.80 bits per heavy atom. The van der Waals surface area contributed by atoms with Crippen molar-refractivity contribution in [1.29, 1.82) is 0 Å². The molecule has 3 heterocycles. The van der Waals surface area contributed by atoms with Crippen LogP contribution in [0.2, 0.25) is 0 Å². The number of amides is 2. The van der Waals surface area contributed by atoms with Crippen LogP contribution in [0.3, 0.4) is 0 Å². The third-order valence-corrected chi connectivity index (χ3v) is 4.91. The molecule has 1 aromatic rings. The Balaban J connectivity index is 1.62. The minimum absolute atomic E-state index is 0.0178. The van der Waals surface area contributed by atoms with Gasteiger partial charge in [0.1, 0.15) is 11.5 Å². The van der Waals surface area contributed by atoms with E-state index in [4.69, 9.17) is 9.15 Å². The summed E-state index contributed by atoms with van der Waals surface area (Å²) in [5.41, 5.74) is 0.0324. The second kappa shape index (κ2) is 7.17. The summed E-state index contributed by atoms with van der Waals surface area (Å²) in [6.07, 6.45) is 0.180. The van der Waals surface area contributed by atoms with Crippen LogP contribution in [0.25, 0.3) is 0 Å². The molecular weight excluding hydrogens is 322 g/mol. The molecule has 2 fully saturated rings. The Bertz CT molecular complexity index is 638. The molecule has 2 saturated heterocycles. The molecule has 1 unspecified atom stereocenters. The van der Waals surface area contributed by atoms with E-state index in [1.54, 1.807) is 11.9 Å². The van der Waals surface area contributed by atoms with Crippen molar-refractivity contribution in [3.05, 3.63) is 23.7 Å². The summed E-state index contributed by atoms with van der Waals surface area (Å²) in [5.74, 6) is 1.56. The number of hydrogen-bond donors (Lipinski definition) is 1. The van der Waals surface area contributed by atoms with Crippen molar-refractivity contribution >= 4 is 11.8 Å². The minimum Gasteiger partial charge on any atom is -0.465 e. The van der Waals surface area contributed by atoms with E-state index in [2.05, 4.69) is 12.2 Å². The van der Waals surface area contributed by atoms with Gasteiger partial charge in [-0.15, -0.1) is 0 Å². The molecule has 0 bridgehead atoms. The highest BCUT2D eigenvalue weighted by atomic mass is 16.5. The van der Waals surface area contributed by atoms with Gasteiger partial charge in [0.2, 0.25) is 11.8 Å². The van der Waals surface area contributed by atoms with Crippen LogP contribution in [0, 0.1) is 12.3 Å². The van der Waals surface area contributed by atoms with Gasteiger partial charge in [-0.2, -0.15) is 0 Å². The van der Waals surface area contributed by atoms with Crippen LogP contribution in [0.1, 0.15) is 24.9 Å². The van der Waals surface area contributed by atoms with Crippen molar-refractivity contribution in [2.45, 2.75) is 32.9 Å². The highest BCUT2D eigenvalue weighted by Crippen LogP contribution is 2.27. The first-order valence-electron chi connectivity index (χ1n) is 8.75. The molecule has 138 valence electrons. The van der Waals surface area contributed by atoms with Crippen molar-refractivity contribution in [2.75, 3.05) is 39.9 Å². The van der Waals surface area contributed by atoms with Crippen LogP contribution in [0.15, 0.2) is 16.5 Å². The van der Waals surface area contributed by atoms with Gasteiger partial charge in [-0.3, -0.25) is 14.5 Å². The van der Waals surface area contributed by atoms with E-state index in [0.29, 0.717) is 39.4 Å². The SMILES string of the molecule is Cc1ccc(CN2CCNC(=O)C2CC(=O)N(C)CC2(C)COC2)o1. The Kier molecular flexibility index (Phi) is 5.15. The highest BCUT2D eigenvalue weighted by molar-refractivity contribution is 5.88. The quantitative estimate of drug-likeness (QED) is 0.821. The average Bonchev–Trinajstić information content (AvgIpc) is 2.94. The summed E-state index contributed by atoms with van der Waals surface area (Å²) in [6.45, 7) is 7.85. The second-order valence-electron chi connectivity index (χ2n) is 7.55. The first-order valence-corrected chi connectivity index (χ1v) is 8.75. The van der Waals surface area contributed by atoms with Crippen molar-refractivity contribution in [3.63, 3.8) is 0 Å². The summed E-state index contributed by atoms with van der Waals surface area (Å²) in [5, 5.41) is 2.87. The topological polar surface area (TPSA) is 75.0 Å². The maximum atomic E-state index is 12.6. The minimum atomic E-state index is -0.459. The molecular formula is C18H27N3O4. The number of nitrogens with one attached hydrogen (secondary N) is 1. The second-order valence-corrected chi connectivity index (χ2v) is 7.55. The van der Waals surface area contributed by atoms with E-state index >= 15 is 0 Å². The molecule has 7 heteroatoms. The molecule has 0 saturated carbocycles. The number of ether oxygens (including phenoxy) is 1. The summed E-state index contributed by atoms with van der Waals surface area (Å²) in [7, 11) is 1.80. The van der Waals surface area contributed by atoms with Crippen LogP contribution in [0.5, 0.6) is 0 Å². The smallest absolute Gasteiger partial charge is 0.237 e. The Hall–Kier alpha value is -1.86. The fourth-order valence-corrected chi connectivity index (χ4v) is 3.47. The van der Waals surface area contributed by atoms with Gasteiger partial charge in [0.15, 0.2) is 0 Å². The van der Waals surface area contributed by atoms with Crippen molar-refractivity contribution in [3.8, 4) is 0 Å². The monoisotopic (exact) mass is 349 g/mol. The van der Waals surface area contributed by atoms with Crippen LogP contribution < -0.4 is 5.32 Å². The lowest BCUT2D eigenvalue weighted by Gasteiger charge is -2.41. The van der Waals surface area contributed by atoms with Crippen molar-refractivity contribution < 1.29 is 18.7 Å². The number of rotatable bonds is 6. The first-order chi connectivity index (χ1) is 11.9. The van der Waals surface area contributed by atoms with E-state index in [1.165, 1.54) is 0 Å². The largest absolute Gasteiger partial charge is 0.465 e. The molecule has 0 aliphatic carbocycles. The molecule has 2 aliphatic rings. The van der Waals surface area contributed by atoms with Crippen LogP contribution in [0.4, 0.5) is 0 Å². The normalized spacial score (nSPS) is 23.0. The first kappa shape index (κ1) is 17.9. The summed E-state index contributed by atoms with van der Waals surface area (Å²) < 4.78 is 10.9. The van der Waals surface area contributed by atoms with E-state index in [-0.39, 0.29) is 23.7 Å². The number of carbonyl (C=O) groups excluding carboxylic acids is 2. The Morgan fingerprint density at radius 2 is 2.20 bits per heavy atom. The van der Waals surface area contributed by atoms with E-state index in [0.717, 1.165) is 11.5 Å². The molecule has 1 aromatic heterocycles. The lowest BCUT2D eigenvalue weighted by molar-refractivity contribution is -0.146. The number of piperazine rings is 1. The van der Waals surface area contributed by atoms with Crippen LogP contribution in [-0.2, 0) is 20.9 Å². The zero-order chi connectivity index (χ0) is 18.0. The van der Waals surface area contributed by atoms with Crippen molar-refractivity contribution in [2.24, 2.45) is 5.41 Å². The van der Waals surface area contributed by atoms with Crippen LogP contribution >= 0.6 is 0 Å². The molecule has 0 radical (unpaired) electrons. The summed E-state index contributed by atoms with van der Waals surface area (Å²) in [4.78, 5) is 28.7. The molecule has 3 rings (SSSR count). The molecule has 25 heavy (non-hydrogen) atoms. The molecule has 7 nitrogen and oxygen atoms in total. The van der Waals surface area contributed by atoms with Gasteiger partial charge in [-0.05, 0) is 19.1 Å². The fourth-order valence-electron chi connectivity index (χ4n) is 3.47. The molecule has 2 aliphatic heterocycles. The van der Waals surface area contributed by atoms with Gasteiger partial charge in [0, 0.05) is 32.1 Å². The summed E-state index contributed by atoms with van der Waals surface area (Å²) >= 11 is 0. The zero-order valence-corrected chi connectivity index (χ0v) is 15.2. The van der Waals surface area contributed by atoms with E-state index < -0.39 is 6.04 Å². The number of nitrogens with zero attached hydrogens (tertiary/aromatic N) is 2. The lowest BCUT2D eigenvalue weighted by Crippen LogP contribution is -2.56. The van der Waals surface area contributed by atoms with E-state index in [9.17, 15) is 9.59 Å². The number of carbonyl (C=O) groups is 2. The number of furan rings is 1. The molecule has 2 amide bonds. The molecule has 1 atom stereocenters. The highest BCUT2D eigenvalue weighted by Gasteiger charge is 2.37.